The van der Waals surface area contributed by atoms with Crippen LogP contribution in [0.3, 0.4) is 0 Å². The molecule has 1 aromatic rings. The van der Waals surface area contributed by atoms with Gasteiger partial charge in [-0.1, -0.05) is 0 Å². The van der Waals surface area contributed by atoms with Crippen molar-refractivity contribution in [1.82, 2.24) is 4.90 Å². The first-order valence-electron chi connectivity index (χ1n) is 5.25. The number of hydrogen-bond acceptors (Lipinski definition) is 4. The number of carboxylic acid groups (broad SMARTS) is 1. The van der Waals surface area contributed by atoms with Gasteiger partial charge >= 0.3 is 5.97 Å². The molecule has 1 aliphatic rings. The molecule has 0 spiro atoms. The maximum absolute atomic E-state index is 11.0. The lowest BCUT2D eigenvalue weighted by molar-refractivity contribution is -0.0381. The van der Waals surface area contributed by atoms with E-state index in [0.717, 1.165) is 13.1 Å². The molecule has 0 amide bonds. The summed E-state index contributed by atoms with van der Waals surface area (Å²) >= 11 is 0. The lowest BCUT2D eigenvalue weighted by Crippen LogP contribution is -2.41. The van der Waals surface area contributed by atoms with E-state index in [4.69, 9.17) is 9.52 Å². The molecule has 5 heteroatoms. The number of aliphatic hydroxyl groups is 1. The Hall–Kier alpha value is -1.33. The quantitative estimate of drug-likeness (QED) is 0.782. The van der Waals surface area contributed by atoms with Crippen LogP contribution in [0.5, 0.6) is 0 Å². The zero-order chi connectivity index (χ0) is 11.8. The van der Waals surface area contributed by atoms with Gasteiger partial charge in [0.2, 0.25) is 0 Å². The first-order valence-corrected chi connectivity index (χ1v) is 5.25. The summed E-state index contributed by atoms with van der Waals surface area (Å²) in [4.78, 5) is 13.0. The minimum atomic E-state index is -1.14. The van der Waals surface area contributed by atoms with Crippen LogP contribution in [0.25, 0.3) is 0 Å². The van der Waals surface area contributed by atoms with Crippen molar-refractivity contribution in [3.05, 3.63) is 23.7 Å². The van der Waals surface area contributed by atoms with Crippen molar-refractivity contribution in [3.63, 3.8) is 0 Å². The number of likely N-dealkylation sites (tertiary alicyclic amines) is 1. The molecule has 1 aromatic heterocycles. The Morgan fingerprint density at radius 3 is 2.69 bits per heavy atom. The van der Waals surface area contributed by atoms with Crippen LogP contribution < -0.4 is 0 Å². The summed E-state index contributed by atoms with van der Waals surface area (Å²) in [5.41, 5.74) is -1.07. The van der Waals surface area contributed by atoms with Crippen molar-refractivity contribution in [2.45, 2.75) is 18.4 Å². The molecular formula is C11H15NO4. The lowest BCUT2D eigenvalue weighted by atomic mass is 9.87. The third-order valence-electron chi connectivity index (χ3n) is 3.13. The minimum absolute atomic E-state index is 0.0621. The van der Waals surface area contributed by atoms with E-state index in [2.05, 4.69) is 4.90 Å². The van der Waals surface area contributed by atoms with Gasteiger partial charge in [-0.25, -0.2) is 4.79 Å². The number of hydrogen-bond donors (Lipinski definition) is 2. The normalized spacial score (nSPS) is 20.9. The fourth-order valence-corrected chi connectivity index (χ4v) is 2.05. The number of carbonyl (C=O) groups is 1. The van der Waals surface area contributed by atoms with Crippen LogP contribution >= 0.6 is 0 Å². The van der Waals surface area contributed by atoms with Crippen LogP contribution in [0, 0.1) is 0 Å². The lowest BCUT2D eigenvalue weighted by Gasteiger charge is -2.35. The van der Waals surface area contributed by atoms with Crippen LogP contribution in [0.15, 0.2) is 16.7 Å². The second kappa shape index (κ2) is 3.92. The van der Waals surface area contributed by atoms with E-state index >= 15 is 0 Å². The highest BCUT2D eigenvalue weighted by Gasteiger charge is 2.38. The van der Waals surface area contributed by atoms with E-state index in [1.165, 1.54) is 12.3 Å². The molecule has 5 nitrogen and oxygen atoms in total. The first kappa shape index (κ1) is 11.2. The van der Waals surface area contributed by atoms with Gasteiger partial charge in [0.1, 0.15) is 16.9 Å². The number of piperidine rings is 1. The SMILES string of the molecule is CN1CCC(O)(c2occc2C(=O)O)CC1. The third-order valence-corrected chi connectivity index (χ3v) is 3.13. The Balaban J connectivity index is 2.29. The van der Waals surface area contributed by atoms with Gasteiger partial charge in [-0.05, 0) is 26.0 Å². The summed E-state index contributed by atoms with van der Waals surface area (Å²) in [5, 5.41) is 19.4. The zero-order valence-electron chi connectivity index (χ0n) is 9.14. The molecule has 1 aliphatic heterocycles. The topological polar surface area (TPSA) is 73.9 Å². The predicted molar refractivity (Wildman–Crippen MR) is 56.3 cm³/mol. The average Bonchev–Trinajstić information content (AvgIpc) is 2.72. The minimum Gasteiger partial charge on any atom is -0.478 e. The summed E-state index contributed by atoms with van der Waals surface area (Å²) in [7, 11) is 1.97. The van der Waals surface area contributed by atoms with Gasteiger partial charge < -0.3 is 19.5 Å². The molecule has 0 atom stereocenters. The van der Waals surface area contributed by atoms with Gasteiger partial charge in [-0.2, -0.15) is 0 Å². The Morgan fingerprint density at radius 2 is 2.12 bits per heavy atom. The van der Waals surface area contributed by atoms with Crippen molar-refractivity contribution < 1.29 is 19.4 Å². The van der Waals surface area contributed by atoms with Crippen molar-refractivity contribution in [2.75, 3.05) is 20.1 Å². The standard InChI is InChI=1S/C11H15NO4/c1-12-5-3-11(15,4-6-12)9-8(10(13)14)2-7-16-9/h2,7,15H,3-6H2,1H3,(H,13,14). The summed E-state index contributed by atoms with van der Waals surface area (Å²) < 4.78 is 5.15. The fourth-order valence-electron chi connectivity index (χ4n) is 2.05. The van der Waals surface area contributed by atoms with Gasteiger partial charge in [-0.3, -0.25) is 0 Å². The van der Waals surface area contributed by atoms with Crippen LogP contribution in [0.4, 0.5) is 0 Å². The second-order valence-corrected chi connectivity index (χ2v) is 4.30. The third kappa shape index (κ3) is 1.83. The van der Waals surface area contributed by atoms with Crippen LogP contribution in [0.2, 0.25) is 0 Å². The largest absolute Gasteiger partial charge is 0.478 e. The van der Waals surface area contributed by atoms with Crippen molar-refractivity contribution in [3.8, 4) is 0 Å². The van der Waals surface area contributed by atoms with E-state index in [1.807, 2.05) is 7.05 Å². The van der Waals surface area contributed by atoms with Gasteiger partial charge in [0.15, 0.2) is 0 Å². The molecule has 0 bridgehead atoms. The van der Waals surface area contributed by atoms with E-state index in [-0.39, 0.29) is 11.3 Å². The van der Waals surface area contributed by atoms with Crippen LogP contribution in [0.1, 0.15) is 29.0 Å². The summed E-state index contributed by atoms with van der Waals surface area (Å²) in [6.07, 6.45) is 2.31. The molecule has 0 unspecified atom stereocenters. The number of rotatable bonds is 2. The molecule has 2 rings (SSSR count). The van der Waals surface area contributed by atoms with Gasteiger partial charge in [-0.15, -0.1) is 0 Å². The average molecular weight is 225 g/mol. The van der Waals surface area contributed by atoms with Crippen molar-refractivity contribution in [1.29, 1.82) is 0 Å². The highest BCUT2D eigenvalue weighted by atomic mass is 16.4. The Bertz CT molecular complexity index is 390. The Kier molecular flexibility index (Phi) is 2.73. The predicted octanol–water partition coefficient (Wildman–Crippen LogP) is 0.891. The second-order valence-electron chi connectivity index (χ2n) is 4.30. The highest BCUT2D eigenvalue weighted by Crippen LogP contribution is 2.34. The molecule has 2 N–H and O–H groups in total. The molecule has 1 fully saturated rings. The summed E-state index contributed by atoms with van der Waals surface area (Å²) in [6.45, 7) is 1.46. The van der Waals surface area contributed by atoms with E-state index in [9.17, 15) is 9.90 Å². The Morgan fingerprint density at radius 1 is 1.50 bits per heavy atom. The number of nitrogens with zero attached hydrogens (tertiary/aromatic N) is 1. The molecule has 0 radical (unpaired) electrons. The van der Waals surface area contributed by atoms with E-state index in [1.54, 1.807) is 0 Å². The molecule has 16 heavy (non-hydrogen) atoms. The zero-order valence-corrected chi connectivity index (χ0v) is 9.14. The number of aromatic carboxylic acids is 1. The van der Waals surface area contributed by atoms with E-state index < -0.39 is 11.6 Å². The molecular weight excluding hydrogens is 210 g/mol. The first-order chi connectivity index (χ1) is 7.53. The maximum Gasteiger partial charge on any atom is 0.339 e. The van der Waals surface area contributed by atoms with Gasteiger partial charge in [0.25, 0.3) is 0 Å². The molecule has 2 heterocycles. The van der Waals surface area contributed by atoms with Crippen molar-refractivity contribution >= 4 is 5.97 Å². The smallest absolute Gasteiger partial charge is 0.339 e. The number of furan rings is 1. The summed E-state index contributed by atoms with van der Waals surface area (Å²) in [5.74, 6) is -0.871. The van der Waals surface area contributed by atoms with Gasteiger partial charge in [0, 0.05) is 13.1 Å². The molecule has 0 saturated carbocycles. The van der Waals surface area contributed by atoms with Crippen molar-refractivity contribution in [2.24, 2.45) is 0 Å². The maximum atomic E-state index is 11.0. The van der Waals surface area contributed by atoms with Gasteiger partial charge in [0.05, 0.1) is 6.26 Å². The number of carboxylic acids is 1. The monoisotopic (exact) mass is 225 g/mol. The summed E-state index contributed by atoms with van der Waals surface area (Å²) in [6, 6.07) is 1.38. The Labute approximate surface area is 93.3 Å². The van der Waals surface area contributed by atoms with Crippen LogP contribution in [-0.2, 0) is 5.60 Å². The van der Waals surface area contributed by atoms with E-state index in [0.29, 0.717) is 12.8 Å². The van der Waals surface area contributed by atoms with Crippen LogP contribution in [-0.4, -0.2) is 41.2 Å². The molecule has 1 saturated heterocycles. The molecule has 0 aliphatic carbocycles. The molecule has 0 aromatic carbocycles. The fraction of sp³-hybridized carbons (Fsp3) is 0.545. The highest BCUT2D eigenvalue weighted by molar-refractivity contribution is 5.89. The molecule has 88 valence electrons.